The third-order valence-electron chi connectivity index (χ3n) is 5.89. The molecule has 4 rings (SSSR count). The predicted molar refractivity (Wildman–Crippen MR) is 143 cm³/mol. The van der Waals surface area contributed by atoms with Crippen LogP contribution < -0.4 is 10.6 Å². The molecule has 8 nitrogen and oxygen atoms in total. The lowest BCUT2D eigenvalue weighted by Crippen LogP contribution is -2.17. The Kier molecular flexibility index (Phi) is 7.07. The maximum absolute atomic E-state index is 13.0. The van der Waals surface area contributed by atoms with E-state index >= 15 is 0 Å². The van der Waals surface area contributed by atoms with Crippen LogP contribution in [0.25, 0.3) is 22.5 Å². The molecule has 0 aliphatic heterocycles. The number of hydrogen-bond donors (Lipinski definition) is 2. The molecule has 2 amide bonds. The number of nitrogens with zero attached hydrogens (tertiary/aromatic N) is 4. The number of benzene rings is 2. The first kappa shape index (κ1) is 25.2. The number of carbonyl (C=O) groups is 2. The predicted octanol–water partition coefficient (Wildman–Crippen LogP) is 5.53. The Morgan fingerprint density at radius 2 is 1.76 bits per heavy atom. The van der Waals surface area contributed by atoms with Gasteiger partial charge in [0.25, 0.3) is 5.91 Å². The quantitative estimate of drug-likeness (QED) is 0.367. The van der Waals surface area contributed by atoms with E-state index in [4.69, 9.17) is 4.98 Å². The highest BCUT2D eigenvalue weighted by molar-refractivity contribution is 6.04. The number of amides is 2. The highest BCUT2D eigenvalue weighted by atomic mass is 16.2. The fourth-order valence-electron chi connectivity index (χ4n) is 3.77. The second-order valence-corrected chi connectivity index (χ2v) is 9.20. The Bertz CT molecular complexity index is 1540. The van der Waals surface area contributed by atoms with E-state index in [0.29, 0.717) is 28.5 Å². The van der Waals surface area contributed by atoms with Crippen LogP contribution in [0.2, 0.25) is 0 Å². The Labute approximate surface area is 215 Å². The molecule has 0 fully saturated rings. The van der Waals surface area contributed by atoms with Crippen LogP contribution in [0.15, 0.2) is 73.2 Å². The van der Waals surface area contributed by atoms with Crippen molar-refractivity contribution < 1.29 is 9.59 Å². The first-order valence-electron chi connectivity index (χ1n) is 11.7. The van der Waals surface area contributed by atoms with E-state index in [2.05, 4.69) is 26.7 Å². The summed E-state index contributed by atoms with van der Waals surface area (Å²) in [5, 5.41) is 15.1. The average Bonchev–Trinajstić information content (AvgIpc) is 2.89. The number of rotatable bonds is 6. The topological polar surface area (TPSA) is 121 Å². The van der Waals surface area contributed by atoms with Crippen LogP contribution in [0.5, 0.6) is 0 Å². The standard InChI is InChI=1S/C29H26N6O2/c1-18-8-9-23(34-28(37)21-6-5-7-22(12-21)29(3,4)17-30)14-24(18)26-16-31-15-25(35-26)20-10-11-32-27(13-20)33-19(2)36/h5-16H,1-4H3,(H,34,37)(H,32,33,36). The first-order chi connectivity index (χ1) is 17.7. The molecule has 37 heavy (non-hydrogen) atoms. The van der Waals surface area contributed by atoms with E-state index in [9.17, 15) is 14.9 Å². The molecule has 0 aliphatic carbocycles. The summed E-state index contributed by atoms with van der Waals surface area (Å²) in [4.78, 5) is 37.7. The van der Waals surface area contributed by atoms with Crippen molar-refractivity contribution in [2.24, 2.45) is 0 Å². The van der Waals surface area contributed by atoms with Crippen molar-refractivity contribution in [1.29, 1.82) is 5.26 Å². The molecule has 0 bridgehead atoms. The van der Waals surface area contributed by atoms with Crippen LogP contribution in [0.1, 0.15) is 42.3 Å². The summed E-state index contributed by atoms with van der Waals surface area (Å²) in [6.45, 7) is 7.02. The highest BCUT2D eigenvalue weighted by Gasteiger charge is 2.21. The van der Waals surface area contributed by atoms with Gasteiger partial charge in [-0.05, 0) is 68.3 Å². The van der Waals surface area contributed by atoms with Gasteiger partial charge in [-0.15, -0.1) is 0 Å². The first-order valence-corrected chi connectivity index (χ1v) is 11.7. The van der Waals surface area contributed by atoms with Crippen molar-refractivity contribution in [3.8, 4) is 28.6 Å². The van der Waals surface area contributed by atoms with Gasteiger partial charge in [0.05, 0.1) is 35.3 Å². The van der Waals surface area contributed by atoms with Gasteiger partial charge in [0.1, 0.15) is 5.82 Å². The van der Waals surface area contributed by atoms with Crippen molar-refractivity contribution >= 4 is 23.3 Å². The van der Waals surface area contributed by atoms with Crippen LogP contribution >= 0.6 is 0 Å². The van der Waals surface area contributed by atoms with Gasteiger partial charge in [-0.25, -0.2) is 9.97 Å². The summed E-state index contributed by atoms with van der Waals surface area (Å²) in [7, 11) is 0. The molecule has 0 radical (unpaired) electrons. The van der Waals surface area contributed by atoms with Crippen molar-refractivity contribution in [2.45, 2.75) is 33.1 Å². The third kappa shape index (κ3) is 5.85. The van der Waals surface area contributed by atoms with Crippen molar-refractivity contribution in [3.05, 3.63) is 89.9 Å². The Hall–Kier alpha value is -4.90. The summed E-state index contributed by atoms with van der Waals surface area (Å²) in [5.41, 5.74) is 4.97. The maximum atomic E-state index is 13.0. The second kappa shape index (κ2) is 10.4. The van der Waals surface area contributed by atoms with E-state index in [1.165, 1.54) is 6.92 Å². The Morgan fingerprint density at radius 3 is 2.51 bits per heavy atom. The monoisotopic (exact) mass is 490 g/mol. The Balaban J connectivity index is 1.61. The van der Waals surface area contributed by atoms with Gasteiger partial charge < -0.3 is 10.6 Å². The molecule has 0 saturated heterocycles. The van der Waals surface area contributed by atoms with Crippen LogP contribution in [0, 0.1) is 18.3 Å². The zero-order valence-electron chi connectivity index (χ0n) is 21.0. The zero-order valence-corrected chi connectivity index (χ0v) is 21.0. The number of aryl methyl sites for hydroxylation is 1. The molecule has 8 heteroatoms. The van der Waals surface area contributed by atoms with Crippen molar-refractivity contribution in [3.63, 3.8) is 0 Å². The molecule has 0 spiro atoms. The van der Waals surface area contributed by atoms with Gasteiger partial charge in [-0.1, -0.05) is 18.2 Å². The fourth-order valence-corrected chi connectivity index (χ4v) is 3.77. The van der Waals surface area contributed by atoms with Crippen LogP contribution in [0.4, 0.5) is 11.5 Å². The summed E-state index contributed by atoms with van der Waals surface area (Å²) in [6, 6.07) is 18.5. The summed E-state index contributed by atoms with van der Waals surface area (Å²) < 4.78 is 0. The lowest BCUT2D eigenvalue weighted by atomic mass is 9.85. The van der Waals surface area contributed by atoms with Gasteiger partial charge in [0, 0.05) is 35.5 Å². The molecule has 184 valence electrons. The molecule has 0 unspecified atom stereocenters. The summed E-state index contributed by atoms with van der Waals surface area (Å²) >= 11 is 0. The largest absolute Gasteiger partial charge is 0.322 e. The SMILES string of the molecule is CC(=O)Nc1cc(-c2cncc(-c3cc(NC(=O)c4cccc(C(C)(C)C#N)c4)ccc3C)n2)ccn1. The molecule has 0 saturated carbocycles. The fraction of sp³-hybridized carbons (Fsp3) is 0.172. The lowest BCUT2D eigenvalue weighted by molar-refractivity contribution is -0.114. The summed E-state index contributed by atoms with van der Waals surface area (Å²) in [6.07, 6.45) is 4.91. The van der Waals surface area contributed by atoms with Gasteiger partial charge in [0.15, 0.2) is 0 Å². The minimum atomic E-state index is -0.700. The van der Waals surface area contributed by atoms with Gasteiger partial charge in [0.2, 0.25) is 5.91 Å². The maximum Gasteiger partial charge on any atom is 0.255 e. The number of pyridine rings is 1. The lowest BCUT2D eigenvalue weighted by Gasteiger charge is -2.16. The van der Waals surface area contributed by atoms with E-state index in [1.807, 2.05) is 45.0 Å². The molecule has 2 aromatic carbocycles. The normalized spacial score (nSPS) is 10.9. The number of aromatic nitrogens is 3. The van der Waals surface area contributed by atoms with Crippen LogP contribution in [0.3, 0.4) is 0 Å². The molecule has 2 aromatic heterocycles. The van der Waals surface area contributed by atoms with Crippen LogP contribution in [-0.2, 0) is 10.2 Å². The van der Waals surface area contributed by atoms with Gasteiger partial charge in [-0.3, -0.25) is 14.6 Å². The number of anilines is 2. The molecular weight excluding hydrogens is 464 g/mol. The molecule has 2 N–H and O–H groups in total. The van der Waals surface area contributed by atoms with E-state index in [1.54, 1.807) is 48.9 Å². The molecule has 4 aromatic rings. The average molecular weight is 491 g/mol. The molecular formula is C29H26N6O2. The smallest absolute Gasteiger partial charge is 0.255 e. The highest BCUT2D eigenvalue weighted by Crippen LogP contribution is 2.28. The summed E-state index contributed by atoms with van der Waals surface area (Å²) in [5.74, 6) is -0.0488. The minimum Gasteiger partial charge on any atom is -0.322 e. The second-order valence-electron chi connectivity index (χ2n) is 9.20. The minimum absolute atomic E-state index is 0.209. The number of hydrogen-bond acceptors (Lipinski definition) is 6. The van der Waals surface area contributed by atoms with Gasteiger partial charge in [-0.2, -0.15) is 5.26 Å². The number of nitriles is 1. The zero-order chi connectivity index (χ0) is 26.6. The Morgan fingerprint density at radius 1 is 0.973 bits per heavy atom. The third-order valence-corrected chi connectivity index (χ3v) is 5.89. The van der Waals surface area contributed by atoms with E-state index in [0.717, 1.165) is 22.3 Å². The molecule has 0 atom stereocenters. The molecule has 0 aliphatic rings. The molecule has 2 heterocycles. The number of carbonyl (C=O) groups excluding carboxylic acids is 2. The van der Waals surface area contributed by atoms with Crippen molar-refractivity contribution in [2.75, 3.05) is 10.6 Å². The van der Waals surface area contributed by atoms with Crippen LogP contribution in [-0.4, -0.2) is 26.8 Å². The van der Waals surface area contributed by atoms with Gasteiger partial charge >= 0.3 is 0 Å². The number of nitrogens with one attached hydrogen (secondary N) is 2. The van der Waals surface area contributed by atoms with E-state index in [-0.39, 0.29) is 11.8 Å². The van der Waals surface area contributed by atoms with Crippen molar-refractivity contribution in [1.82, 2.24) is 15.0 Å². The van der Waals surface area contributed by atoms with E-state index < -0.39 is 5.41 Å².